The van der Waals surface area contributed by atoms with E-state index in [1.54, 1.807) is 18.2 Å². The Morgan fingerprint density at radius 3 is 2.81 bits per heavy atom. The number of benzene rings is 1. The fraction of sp³-hybridized carbons (Fsp3) is 0.562. The van der Waals surface area contributed by atoms with Gasteiger partial charge in [-0.2, -0.15) is 5.26 Å². The van der Waals surface area contributed by atoms with E-state index in [-0.39, 0.29) is 16.1 Å². The topological polar surface area (TPSA) is 61.2 Å². The standard InChI is InChI=1S/C16H22N2O2S/c1-16(2)7-4-8-18(13-16)9-10-21(19,20)15-6-3-5-14(11-15)12-17/h3,5-6,11H,4,7-10,13H2,1-2H3. The van der Waals surface area contributed by atoms with Crippen LogP contribution in [-0.2, 0) is 9.84 Å². The monoisotopic (exact) mass is 306 g/mol. The van der Waals surface area contributed by atoms with Gasteiger partial charge in [0, 0.05) is 13.1 Å². The summed E-state index contributed by atoms with van der Waals surface area (Å²) < 4.78 is 24.7. The molecule has 2 rings (SSSR count). The minimum atomic E-state index is -3.32. The van der Waals surface area contributed by atoms with E-state index in [1.165, 1.54) is 12.5 Å². The molecule has 0 bridgehead atoms. The minimum Gasteiger partial charge on any atom is -0.302 e. The smallest absolute Gasteiger partial charge is 0.179 e. The van der Waals surface area contributed by atoms with Crippen LogP contribution < -0.4 is 0 Å². The molecule has 1 aliphatic heterocycles. The summed E-state index contributed by atoms with van der Waals surface area (Å²) in [6, 6.07) is 8.24. The van der Waals surface area contributed by atoms with Gasteiger partial charge in [-0.05, 0) is 43.0 Å². The second kappa shape index (κ2) is 6.17. The number of nitriles is 1. The third-order valence-electron chi connectivity index (χ3n) is 3.98. The minimum absolute atomic E-state index is 0.109. The fourth-order valence-electron chi connectivity index (χ4n) is 2.86. The molecule has 0 N–H and O–H groups in total. The van der Waals surface area contributed by atoms with Crippen molar-refractivity contribution >= 4 is 9.84 Å². The lowest BCUT2D eigenvalue weighted by atomic mass is 9.84. The van der Waals surface area contributed by atoms with E-state index < -0.39 is 9.84 Å². The van der Waals surface area contributed by atoms with Crippen molar-refractivity contribution in [1.82, 2.24) is 4.90 Å². The van der Waals surface area contributed by atoms with E-state index in [2.05, 4.69) is 18.7 Å². The highest BCUT2D eigenvalue weighted by atomic mass is 32.2. The van der Waals surface area contributed by atoms with Gasteiger partial charge in [-0.25, -0.2) is 8.42 Å². The molecule has 0 amide bonds. The van der Waals surface area contributed by atoms with E-state index >= 15 is 0 Å². The van der Waals surface area contributed by atoms with Crippen molar-refractivity contribution in [1.29, 1.82) is 5.26 Å². The molecule has 114 valence electrons. The van der Waals surface area contributed by atoms with Crippen molar-refractivity contribution in [2.75, 3.05) is 25.4 Å². The van der Waals surface area contributed by atoms with Crippen molar-refractivity contribution in [3.8, 4) is 6.07 Å². The third kappa shape index (κ3) is 4.29. The molecule has 1 saturated heterocycles. The van der Waals surface area contributed by atoms with Gasteiger partial charge in [0.2, 0.25) is 0 Å². The van der Waals surface area contributed by atoms with Crippen LogP contribution in [0.25, 0.3) is 0 Å². The van der Waals surface area contributed by atoms with E-state index in [0.717, 1.165) is 19.5 Å². The second-order valence-corrected chi connectivity index (χ2v) is 8.61. The lowest BCUT2D eigenvalue weighted by molar-refractivity contribution is 0.124. The van der Waals surface area contributed by atoms with Gasteiger partial charge in [0.15, 0.2) is 9.84 Å². The highest BCUT2D eigenvalue weighted by Gasteiger charge is 2.27. The molecule has 1 aliphatic rings. The van der Waals surface area contributed by atoms with Crippen LogP contribution in [0, 0.1) is 16.7 Å². The summed E-state index contributed by atoms with van der Waals surface area (Å²) in [6.45, 7) is 6.93. The van der Waals surface area contributed by atoms with Crippen molar-refractivity contribution in [2.24, 2.45) is 5.41 Å². The molecule has 0 saturated carbocycles. The Balaban J connectivity index is 2.03. The van der Waals surface area contributed by atoms with Crippen LogP contribution in [0.5, 0.6) is 0 Å². The van der Waals surface area contributed by atoms with E-state index in [4.69, 9.17) is 5.26 Å². The van der Waals surface area contributed by atoms with Gasteiger partial charge >= 0.3 is 0 Å². The number of nitrogens with zero attached hydrogens (tertiary/aromatic N) is 2. The molecule has 0 spiro atoms. The highest BCUT2D eigenvalue weighted by molar-refractivity contribution is 7.91. The number of likely N-dealkylation sites (tertiary alicyclic amines) is 1. The summed E-state index contributed by atoms with van der Waals surface area (Å²) in [5.41, 5.74) is 0.651. The molecular formula is C16H22N2O2S. The summed E-state index contributed by atoms with van der Waals surface area (Å²) in [5.74, 6) is 0.109. The van der Waals surface area contributed by atoms with Crippen molar-refractivity contribution < 1.29 is 8.42 Å². The molecule has 0 aromatic heterocycles. The molecule has 0 radical (unpaired) electrons. The average molecular weight is 306 g/mol. The molecule has 0 aliphatic carbocycles. The Morgan fingerprint density at radius 1 is 1.38 bits per heavy atom. The summed E-state index contributed by atoms with van der Waals surface area (Å²) in [4.78, 5) is 2.48. The SMILES string of the molecule is CC1(C)CCCN(CCS(=O)(=O)c2cccc(C#N)c2)C1. The number of sulfone groups is 1. The van der Waals surface area contributed by atoms with E-state index in [1.807, 2.05) is 6.07 Å². The molecule has 1 aromatic rings. The predicted octanol–water partition coefficient (Wildman–Crippen LogP) is 2.45. The maximum absolute atomic E-state index is 12.4. The normalized spacial score (nSPS) is 19.1. The van der Waals surface area contributed by atoms with Crippen LogP contribution in [0.4, 0.5) is 0 Å². The molecule has 1 fully saturated rings. The van der Waals surface area contributed by atoms with Crippen molar-refractivity contribution in [3.05, 3.63) is 29.8 Å². The zero-order valence-corrected chi connectivity index (χ0v) is 13.5. The molecule has 5 heteroatoms. The molecule has 1 heterocycles. The Bertz CT molecular complexity index is 644. The molecular weight excluding hydrogens is 284 g/mol. The first-order valence-electron chi connectivity index (χ1n) is 7.28. The van der Waals surface area contributed by atoms with Gasteiger partial charge in [0.1, 0.15) is 0 Å². The first-order chi connectivity index (χ1) is 9.82. The Hall–Kier alpha value is -1.38. The van der Waals surface area contributed by atoms with E-state index in [9.17, 15) is 8.42 Å². The zero-order chi connectivity index (χ0) is 15.5. The lowest BCUT2D eigenvalue weighted by Gasteiger charge is -2.37. The predicted molar refractivity (Wildman–Crippen MR) is 82.7 cm³/mol. The molecule has 0 atom stereocenters. The first-order valence-corrected chi connectivity index (χ1v) is 8.93. The second-order valence-electron chi connectivity index (χ2n) is 6.50. The summed E-state index contributed by atoms with van der Waals surface area (Å²) in [5, 5.41) is 8.87. The molecule has 0 unspecified atom stereocenters. The van der Waals surface area contributed by atoms with Crippen LogP contribution >= 0.6 is 0 Å². The van der Waals surface area contributed by atoms with E-state index in [0.29, 0.717) is 12.1 Å². The Morgan fingerprint density at radius 2 is 2.14 bits per heavy atom. The van der Waals surface area contributed by atoms with Gasteiger partial charge in [0.25, 0.3) is 0 Å². The molecule has 1 aromatic carbocycles. The number of piperidine rings is 1. The molecule has 21 heavy (non-hydrogen) atoms. The number of hydrogen-bond acceptors (Lipinski definition) is 4. The summed E-state index contributed by atoms with van der Waals surface area (Å²) in [7, 11) is -3.32. The van der Waals surface area contributed by atoms with Gasteiger partial charge in [-0.1, -0.05) is 19.9 Å². The van der Waals surface area contributed by atoms with Crippen molar-refractivity contribution in [2.45, 2.75) is 31.6 Å². The molecule has 4 nitrogen and oxygen atoms in total. The van der Waals surface area contributed by atoms with Crippen LogP contribution in [0.3, 0.4) is 0 Å². The maximum Gasteiger partial charge on any atom is 0.179 e. The van der Waals surface area contributed by atoms with Crippen molar-refractivity contribution in [3.63, 3.8) is 0 Å². The average Bonchev–Trinajstić information content (AvgIpc) is 2.44. The largest absolute Gasteiger partial charge is 0.302 e. The van der Waals surface area contributed by atoms with Crippen LogP contribution in [-0.4, -0.2) is 38.7 Å². The quantitative estimate of drug-likeness (QED) is 0.857. The van der Waals surface area contributed by atoms with Crippen LogP contribution in [0.2, 0.25) is 0 Å². The summed E-state index contributed by atoms with van der Waals surface area (Å²) >= 11 is 0. The third-order valence-corrected chi connectivity index (χ3v) is 5.67. The van der Waals surface area contributed by atoms with Gasteiger partial charge in [-0.3, -0.25) is 0 Å². The van der Waals surface area contributed by atoms with Crippen LogP contribution in [0.1, 0.15) is 32.3 Å². The van der Waals surface area contributed by atoms with Crippen LogP contribution in [0.15, 0.2) is 29.2 Å². The van der Waals surface area contributed by atoms with Gasteiger partial charge in [0.05, 0.1) is 22.3 Å². The summed E-state index contributed by atoms with van der Waals surface area (Å²) in [6.07, 6.45) is 2.32. The zero-order valence-electron chi connectivity index (χ0n) is 12.7. The van der Waals surface area contributed by atoms with Gasteiger partial charge in [-0.15, -0.1) is 0 Å². The number of hydrogen-bond donors (Lipinski definition) is 0. The van der Waals surface area contributed by atoms with Gasteiger partial charge < -0.3 is 4.90 Å². The Labute approximate surface area is 127 Å². The maximum atomic E-state index is 12.4. The fourth-order valence-corrected chi connectivity index (χ4v) is 4.19. The lowest BCUT2D eigenvalue weighted by Crippen LogP contribution is -2.42. The number of rotatable bonds is 4. The Kier molecular flexibility index (Phi) is 4.70. The first kappa shape index (κ1) is 16.0. The highest BCUT2D eigenvalue weighted by Crippen LogP contribution is 2.28.